The highest BCUT2D eigenvalue weighted by atomic mass is 19.4. The van der Waals surface area contributed by atoms with Crippen LogP contribution in [0.1, 0.15) is 29.7 Å². The fourth-order valence-corrected chi connectivity index (χ4v) is 2.51. The minimum Gasteiger partial charge on any atom is -0.496 e. The summed E-state index contributed by atoms with van der Waals surface area (Å²) in [7, 11) is 1.54. The second kappa shape index (κ2) is 6.01. The van der Waals surface area contributed by atoms with E-state index >= 15 is 0 Å². The molecule has 0 bridgehead atoms. The number of hydrogen-bond donors (Lipinski definition) is 2. The van der Waals surface area contributed by atoms with Crippen molar-refractivity contribution >= 4 is 0 Å². The summed E-state index contributed by atoms with van der Waals surface area (Å²) in [6.07, 6.45) is -3.31. The monoisotopic (exact) mass is 288 g/mol. The summed E-state index contributed by atoms with van der Waals surface area (Å²) in [5.41, 5.74) is 3.11. The van der Waals surface area contributed by atoms with Crippen molar-refractivity contribution < 1.29 is 17.9 Å². The van der Waals surface area contributed by atoms with Gasteiger partial charge in [-0.1, -0.05) is 6.07 Å². The third kappa shape index (κ3) is 3.64. The molecule has 0 spiro atoms. The standard InChI is InChI=1S/C14H19F3N2O/c1-9-12-6-13(20-2)11(5-10(12)3-4-19-9)7-18-8-14(15,16)17/h5-6,9,18-19H,3-4,7-8H2,1-2H3. The van der Waals surface area contributed by atoms with Gasteiger partial charge in [0.15, 0.2) is 0 Å². The zero-order valence-electron chi connectivity index (χ0n) is 11.6. The highest BCUT2D eigenvalue weighted by Gasteiger charge is 2.26. The number of halogens is 3. The van der Waals surface area contributed by atoms with Gasteiger partial charge in [0.05, 0.1) is 13.7 Å². The summed E-state index contributed by atoms with van der Waals surface area (Å²) in [4.78, 5) is 0. The molecule has 112 valence electrons. The molecule has 3 nitrogen and oxygen atoms in total. The Bertz CT molecular complexity index is 474. The van der Waals surface area contributed by atoms with E-state index in [1.807, 2.05) is 12.1 Å². The van der Waals surface area contributed by atoms with E-state index in [0.717, 1.165) is 24.1 Å². The number of benzene rings is 1. The maximum Gasteiger partial charge on any atom is 0.401 e. The average Bonchev–Trinajstić information content (AvgIpc) is 2.37. The quantitative estimate of drug-likeness (QED) is 0.893. The second-order valence-corrected chi connectivity index (χ2v) is 5.01. The van der Waals surface area contributed by atoms with E-state index in [9.17, 15) is 13.2 Å². The number of hydrogen-bond acceptors (Lipinski definition) is 3. The fraction of sp³-hybridized carbons (Fsp3) is 0.571. The molecule has 2 N–H and O–H groups in total. The molecule has 0 radical (unpaired) electrons. The lowest BCUT2D eigenvalue weighted by molar-refractivity contribution is -0.125. The molecule has 20 heavy (non-hydrogen) atoms. The van der Waals surface area contributed by atoms with Crippen LogP contribution in [0.4, 0.5) is 13.2 Å². The van der Waals surface area contributed by atoms with Gasteiger partial charge in [-0.25, -0.2) is 0 Å². The van der Waals surface area contributed by atoms with E-state index in [-0.39, 0.29) is 12.6 Å². The lowest BCUT2D eigenvalue weighted by Gasteiger charge is -2.25. The Morgan fingerprint density at radius 3 is 2.80 bits per heavy atom. The van der Waals surface area contributed by atoms with Gasteiger partial charge < -0.3 is 15.4 Å². The van der Waals surface area contributed by atoms with Crippen LogP contribution in [0.5, 0.6) is 5.75 Å². The Hall–Kier alpha value is -1.27. The summed E-state index contributed by atoms with van der Waals surface area (Å²) < 4.78 is 41.8. The Kier molecular flexibility index (Phi) is 4.55. The molecule has 0 saturated carbocycles. The lowest BCUT2D eigenvalue weighted by atomic mass is 9.93. The molecule has 1 heterocycles. The zero-order valence-corrected chi connectivity index (χ0v) is 11.6. The first kappa shape index (κ1) is 15.1. The predicted octanol–water partition coefficient (Wildman–Crippen LogP) is 2.55. The molecule has 2 rings (SSSR count). The van der Waals surface area contributed by atoms with Crippen molar-refractivity contribution in [1.29, 1.82) is 0 Å². The van der Waals surface area contributed by atoms with Crippen molar-refractivity contribution in [3.8, 4) is 5.75 Å². The first-order valence-corrected chi connectivity index (χ1v) is 6.61. The topological polar surface area (TPSA) is 33.3 Å². The van der Waals surface area contributed by atoms with Gasteiger partial charge >= 0.3 is 6.18 Å². The summed E-state index contributed by atoms with van der Waals surface area (Å²) >= 11 is 0. The van der Waals surface area contributed by atoms with Gasteiger partial charge in [0, 0.05) is 18.2 Å². The van der Waals surface area contributed by atoms with Crippen LogP contribution in [-0.4, -0.2) is 26.4 Å². The molecular weight excluding hydrogens is 269 g/mol. The summed E-state index contributed by atoms with van der Waals surface area (Å²) in [6, 6.07) is 4.12. The number of fused-ring (bicyclic) bond motifs is 1. The van der Waals surface area contributed by atoms with Crippen molar-refractivity contribution in [3.63, 3.8) is 0 Å². The van der Waals surface area contributed by atoms with Gasteiger partial charge in [-0.15, -0.1) is 0 Å². The minimum atomic E-state index is -4.19. The molecule has 0 amide bonds. The molecule has 0 fully saturated rings. The number of nitrogens with one attached hydrogen (secondary N) is 2. The van der Waals surface area contributed by atoms with Gasteiger partial charge in [0.2, 0.25) is 0 Å². The van der Waals surface area contributed by atoms with E-state index < -0.39 is 12.7 Å². The number of rotatable bonds is 4. The Morgan fingerprint density at radius 1 is 1.40 bits per heavy atom. The van der Waals surface area contributed by atoms with Crippen molar-refractivity contribution in [2.45, 2.75) is 32.1 Å². The van der Waals surface area contributed by atoms with Gasteiger partial charge in [0.1, 0.15) is 5.75 Å². The third-order valence-corrected chi connectivity index (χ3v) is 3.49. The molecule has 1 atom stereocenters. The van der Waals surface area contributed by atoms with E-state index in [4.69, 9.17) is 4.74 Å². The first-order chi connectivity index (χ1) is 9.40. The SMILES string of the molecule is COc1cc2c(cc1CNCC(F)(F)F)CCNC2C. The molecule has 1 unspecified atom stereocenters. The van der Waals surface area contributed by atoms with Gasteiger partial charge in [-0.3, -0.25) is 0 Å². The van der Waals surface area contributed by atoms with Crippen LogP contribution >= 0.6 is 0 Å². The van der Waals surface area contributed by atoms with Gasteiger partial charge in [-0.2, -0.15) is 13.2 Å². The number of alkyl halides is 3. The van der Waals surface area contributed by atoms with E-state index in [1.54, 1.807) is 0 Å². The van der Waals surface area contributed by atoms with Crippen LogP contribution in [0.15, 0.2) is 12.1 Å². The minimum absolute atomic E-state index is 0.151. The van der Waals surface area contributed by atoms with E-state index in [0.29, 0.717) is 5.75 Å². The largest absolute Gasteiger partial charge is 0.496 e. The smallest absolute Gasteiger partial charge is 0.401 e. The summed E-state index contributed by atoms with van der Waals surface area (Å²) in [5.74, 6) is 0.633. The van der Waals surface area contributed by atoms with Crippen molar-refractivity contribution in [2.24, 2.45) is 0 Å². The van der Waals surface area contributed by atoms with E-state index in [2.05, 4.69) is 17.6 Å². The molecule has 0 saturated heterocycles. The van der Waals surface area contributed by atoms with Crippen molar-refractivity contribution in [2.75, 3.05) is 20.2 Å². The van der Waals surface area contributed by atoms with Gasteiger partial charge in [0.25, 0.3) is 0 Å². The molecule has 0 aliphatic carbocycles. The average molecular weight is 288 g/mol. The van der Waals surface area contributed by atoms with Crippen LogP contribution in [0.25, 0.3) is 0 Å². The van der Waals surface area contributed by atoms with Crippen LogP contribution in [-0.2, 0) is 13.0 Å². The van der Waals surface area contributed by atoms with Crippen LogP contribution in [0.3, 0.4) is 0 Å². The molecule has 1 aliphatic rings. The highest BCUT2D eigenvalue weighted by Crippen LogP contribution is 2.30. The number of methoxy groups -OCH3 is 1. The molecule has 1 aromatic rings. The zero-order chi connectivity index (χ0) is 14.8. The Balaban J connectivity index is 2.16. The van der Waals surface area contributed by atoms with Crippen LogP contribution < -0.4 is 15.4 Å². The van der Waals surface area contributed by atoms with Crippen molar-refractivity contribution in [3.05, 3.63) is 28.8 Å². The Labute approximate surface area is 116 Å². The molecule has 6 heteroatoms. The normalized spacial score (nSPS) is 18.8. The van der Waals surface area contributed by atoms with Crippen LogP contribution in [0.2, 0.25) is 0 Å². The highest BCUT2D eigenvalue weighted by molar-refractivity contribution is 5.45. The van der Waals surface area contributed by atoms with Gasteiger partial charge in [-0.05, 0) is 37.1 Å². The maximum absolute atomic E-state index is 12.2. The first-order valence-electron chi connectivity index (χ1n) is 6.61. The van der Waals surface area contributed by atoms with Crippen LogP contribution in [0, 0.1) is 0 Å². The molecule has 1 aliphatic heterocycles. The Morgan fingerprint density at radius 2 is 2.15 bits per heavy atom. The fourth-order valence-electron chi connectivity index (χ4n) is 2.51. The molecule has 1 aromatic carbocycles. The van der Waals surface area contributed by atoms with Crippen molar-refractivity contribution in [1.82, 2.24) is 10.6 Å². The lowest BCUT2D eigenvalue weighted by Crippen LogP contribution is -2.30. The maximum atomic E-state index is 12.2. The molecule has 0 aromatic heterocycles. The van der Waals surface area contributed by atoms with E-state index in [1.165, 1.54) is 12.7 Å². The second-order valence-electron chi connectivity index (χ2n) is 5.01. The summed E-state index contributed by atoms with van der Waals surface area (Å²) in [6.45, 7) is 2.11. The predicted molar refractivity (Wildman–Crippen MR) is 70.9 cm³/mol. The third-order valence-electron chi connectivity index (χ3n) is 3.49. The molecular formula is C14H19F3N2O. The number of ether oxygens (including phenoxy) is 1. The summed E-state index contributed by atoms with van der Waals surface area (Å²) in [5, 5.41) is 5.77.